The van der Waals surface area contributed by atoms with E-state index in [0.717, 1.165) is 4.90 Å². The number of carbonyl (C=O) groups excluding carboxylic acids is 1. The van der Waals surface area contributed by atoms with E-state index < -0.39 is 43.1 Å². The third kappa shape index (κ3) is 3.80. The molecule has 134 valence electrons. The summed E-state index contributed by atoms with van der Waals surface area (Å²) in [5.74, 6) is -4.37. The number of oxazole rings is 1. The molecule has 1 aromatic rings. The fourth-order valence-corrected chi connectivity index (χ4v) is 2.62. The van der Waals surface area contributed by atoms with E-state index in [1.807, 2.05) is 6.92 Å². The number of rotatable bonds is 4. The lowest BCUT2D eigenvalue weighted by Crippen LogP contribution is -2.39. The number of nitrogens with zero attached hydrogens (tertiary/aromatic N) is 2. The van der Waals surface area contributed by atoms with Crippen molar-refractivity contribution in [3.63, 3.8) is 0 Å². The van der Waals surface area contributed by atoms with Gasteiger partial charge >= 0.3 is 18.2 Å². The Bertz CT molecular complexity index is 629. The van der Waals surface area contributed by atoms with Crippen molar-refractivity contribution in [1.82, 2.24) is 15.2 Å². The molecule has 1 aliphatic rings. The maximum atomic E-state index is 12.9. The van der Waals surface area contributed by atoms with Crippen molar-refractivity contribution in [3.8, 4) is 0 Å². The molecule has 24 heavy (non-hydrogen) atoms. The van der Waals surface area contributed by atoms with Gasteiger partial charge in [-0.1, -0.05) is 6.92 Å². The predicted molar refractivity (Wildman–Crippen MR) is 75.1 cm³/mol. The summed E-state index contributed by atoms with van der Waals surface area (Å²) in [6.45, 7) is 2.35. The number of alkyl halides is 3. The van der Waals surface area contributed by atoms with Gasteiger partial charge in [0, 0.05) is 19.5 Å². The lowest BCUT2D eigenvalue weighted by Gasteiger charge is -2.18. The Morgan fingerprint density at radius 3 is 2.54 bits per heavy atom. The van der Waals surface area contributed by atoms with Gasteiger partial charge in [-0.3, -0.25) is 4.79 Å². The van der Waals surface area contributed by atoms with Crippen LogP contribution in [0.4, 0.5) is 18.0 Å². The minimum Gasteiger partial charge on any atom is -0.481 e. The summed E-state index contributed by atoms with van der Waals surface area (Å²) in [6.07, 6.45) is -4.09. The van der Waals surface area contributed by atoms with E-state index in [1.165, 1.54) is 0 Å². The standard InChI is InChI=1S/C14H18F3N3O4/c1-3-11-19-7(2)10(24-11)4-18-13(23)20-5-8(12(21)22)9(6-20)14(15,16)17/h8-9H,3-6H2,1-2H3,(H,18,23)(H,21,22)/t8-,9-/m1/s1. The maximum Gasteiger partial charge on any atom is 0.394 e. The lowest BCUT2D eigenvalue weighted by molar-refractivity contribution is -0.187. The first-order valence-electron chi connectivity index (χ1n) is 7.41. The molecule has 2 rings (SSSR count). The molecule has 1 fully saturated rings. The first-order valence-corrected chi connectivity index (χ1v) is 7.41. The molecule has 1 aliphatic heterocycles. The molecule has 2 heterocycles. The Morgan fingerprint density at radius 1 is 1.42 bits per heavy atom. The number of halogens is 3. The summed E-state index contributed by atoms with van der Waals surface area (Å²) in [4.78, 5) is 28.0. The molecule has 2 atom stereocenters. The molecule has 2 N–H and O–H groups in total. The van der Waals surface area contributed by atoms with Gasteiger partial charge in [0.2, 0.25) is 0 Å². The van der Waals surface area contributed by atoms with Gasteiger partial charge in [-0.15, -0.1) is 0 Å². The van der Waals surface area contributed by atoms with Gasteiger partial charge in [-0.25, -0.2) is 9.78 Å². The van der Waals surface area contributed by atoms with Gasteiger partial charge in [0.1, 0.15) is 5.76 Å². The molecule has 0 aliphatic carbocycles. The number of likely N-dealkylation sites (tertiary alicyclic amines) is 1. The van der Waals surface area contributed by atoms with E-state index >= 15 is 0 Å². The molecular weight excluding hydrogens is 331 g/mol. The molecule has 0 radical (unpaired) electrons. The van der Waals surface area contributed by atoms with Crippen molar-refractivity contribution in [2.45, 2.75) is 33.0 Å². The van der Waals surface area contributed by atoms with Crippen molar-refractivity contribution in [3.05, 3.63) is 17.3 Å². The maximum absolute atomic E-state index is 12.9. The number of carboxylic acid groups (broad SMARTS) is 1. The van der Waals surface area contributed by atoms with Crippen LogP contribution in [0.2, 0.25) is 0 Å². The third-order valence-electron chi connectivity index (χ3n) is 3.98. The van der Waals surface area contributed by atoms with Crippen molar-refractivity contribution in [2.24, 2.45) is 11.8 Å². The van der Waals surface area contributed by atoms with Gasteiger partial charge in [-0.2, -0.15) is 13.2 Å². The van der Waals surface area contributed by atoms with Crippen LogP contribution in [0, 0.1) is 18.8 Å². The molecule has 10 heteroatoms. The number of urea groups is 1. The summed E-state index contributed by atoms with van der Waals surface area (Å²) in [5.41, 5.74) is 0.588. The smallest absolute Gasteiger partial charge is 0.394 e. The number of nitrogens with one attached hydrogen (secondary N) is 1. The number of aryl methyl sites for hydroxylation is 2. The molecule has 1 saturated heterocycles. The Kier molecular flexibility index (Phi) is 5.05. The molecule has 0 aromatic carbocycles. The van der Waals surface area contributed by atoms with Crippen LogP contribution >= 0.6 is 0 Å². The monoisotopic (exact) mass is 349 g/mol. The average Bonchev–Trinajstić information content (AvgIpc) is 3.08. The van der Waals surface area contributed by atoms with Crippen LogP contribution in [-0.2, 0) is 17.8 Å². The minimum atomic E-state index is -4.67. The number of amides is 2. The van der Waals surface area contributed by atoms with E-state index in [4.69, 9.17) is 9.52 Å². The fourth-order valence-electron chi connectivity index (χ4n) is 2.62. The van der Waals surface area contributed by atoms with Crippen LogP contribution in [0.3, 0.4) is 0 Å². The van der Waals surface area contributed by atoms with Crippen LogP contribution in [0.15, 0.2) is 4.42 Å². The van der Waals surface area contributed by atoms with Gasteiger partial charge in [0.25, 0.3) is 0 Å². The summed E-state index contributed by atoms with van der Waals surface area (Å²) in [7, 11) is 0. The SMILES string of the molecule is CCc1nc(C)c(CNC(=O)N2C[C@@H](C(F)(F)F)[C@H](C(=O)O)C2)o1. The molecule has 7 nitrogen and oxygen atoms in total. The normalized spacial score (nSPS) is 21.1. The first-order chi connectivity index (χ1) is 11.1. The second kappa shape index (κ2) is 6.70. The summed E-state index contributed by atoms with van der Waals surface area (Å²) in [6, 6.07) is -0.762. The van der Waals surface area contributed by atoms with Gasteiger partial charge in [0.15, 0.2) is 5.89 Å². The Hall–Kier alpha value is -2.26. The predicted octanol–water partition coefficient (Wildman–Crippen LogP) is 1.95. The van der Waals surface area contributed by atoms with Crippen LogP contribution in [0.5, 0.6) is 0 Å². The highest BCUT2D eigenvalue weighted by Crippen LogP contribution is 2.37. The highest BCUT2D eigenvalue weighted by molar-refractivity contribution is 5.77. The number of carbonyl (C=O) groups is 2. The zero-order chi connectivity index (χ0) is 18.1. The lowest BCUT2D eigenvalue weighted by atomic mass is 9.96. The molecule has 0 saturated carbocycles. The van der Waals surface area contributed by atoms with E-state index in [1.54, 1.807) is 6.92 Å². The van der Waals surface area contributed by atoms with Crippen molar-refractivity contribution >= 4 is 12.0 Å². The molecule has 2 amide bonds. The second-order valence-corrected chi connectivity index (χ2v) is 5.63. The molecular formula is C14H18F3N3O4. The Labute approximate surface area is 135 Å². The van der Waals surface area contributed by atoms with Gasteiger partial charge in [0.05, 0.1) is 24.1 Å². The van der Waals surface area contributed by atoms with Crippen molar-refractivity contribution in [1.29, 1.82) is 0 Å². The average molecular weight is 349 g/mol. The first kappa shape index (κ1) is 18.1. The Morgan fingerprint density at radius 2 is 2.08 bits per heavy atom. The van der Waals surface area contributed by atoms with Crippen LogP contribution in [0.25, 0.3) is 0 Å². The zero-order valence-electron chi connectivity index (χ0n) is 13.2. The molecule has 0 spiro atoms. The second-order valence-electron chi connectivity index (χ2n) is 5.63. The molecule has 1 aromatic heterocycles. The molecule has 0 bridgehead atoms. The minimum absolute atomic E-state index is 0.0252. The highest BCUT2D eigenvalue weighted by atomic mass is 19.4. The zero-order valence-corrected chi connectivity index (χ0v) is 13.2. The van der Waals surface area contributed by atoms with Gasteiger partial charge < -0.3 is 19.7 Å². The Balaban J connectivity index is 2.00. The number of aliphatic carboxylic acids is 1. The van der Waals surface area contributed by atoms with E-state index in [0.29, 0.717) is 23.8 Å². The number of hydrogen-bond donors (Lipinski definition) is 2. The van der Waals surface area contributed by atoms with Crippen molar-refractivity contribution < 1.29 is 32.3 Å². The quantitative estimate of drug-likeness (QED) is 0.866. The fraction of sp³-hybridized carbons (Fsp3) is 0.643. The van der Waals surface area contributed by atoms with E-state index in [9.17, 15) is 22.8 Å². The van der Waals surface area contributed by atoms with Crippen LogP contribution in [-0.4, -0.2) is 46.3 Å². The summed E-state index contributed by atoms with van der Waals surface area (Å²) in [5, 5.41) is 11.4. The van der Waals surface area contributed by atoms with Gasteiger partial charge in [-0.05, 0) is 6.92 Å². The third-order valence-corrected chi connectivity index (χ3v) is 3.98. The molecule has 0 unspecified atom stereocenters. The topological polar surface area (TPSA) is 95.7 Å². The van der Waals surface area contributed by atoms with E-state index in [-0.39, 0.29) is 6.54 Å². The van der Waals surface area contributed by atoms with Crippen LogP contribution < -0.4 is 5.32 Å². The number of aromatic nitrogens is 1. The summed E-state index contributed by atoms with van der Waals surface area (Å²) >= 11 is 0. The number of hydrogen-bond acceptors (Lipinski definition) is 4. The summed E-state index contributed by atoms with van der Waals surface area (Å²) < 4.78 is 44.1. The van der Waals surface area contributed by atoms with E-state index in [2.05, 4.69) is 10.3 Å². The number of carboxylic acids is 1. The van der Waals surface area contributed by atoms with Crippen LogP contribution in [0.1, 0.15) is 24.3 Å². The largest absolute Gasteiger partial charge is 0.481 e. The highest BCUT2D eigenvalue weighted by Gasteiger charge is 2.53. The van der Waals surface area contributed by atoms with Crippen molar-refractivity contribution in [2.75, 3.05) is 13.1 Å².